The summed E-state index contributed by atoms with van der Waals surface area (Å²) in [5.74, 6) is 1.27. The third-order valence-electron chi connectivity index (χ3n) is 2.86. The SMILES string of the molecule is CN1CCN(c2ncnc(N)c2C=[NH2+])CC1. The third kappa shape index (κ3) is 1.96. The minimum Gasteiger partial charge on any atom is -0.383 e. The van der Waals surface area contributed by atoms with Crippen LogP contribution in [0.2, 0.25) is 0 Å². The molecule has 1 aliphatic rings. The summed E-state index contributed by atoms with van der Waals surface area (Å²) >= 11 is 0. The van der Waals surface area contributed by atoms with Gasteiger partial charge in [0.15, 0.2) is 6.21 Å². The highest BCUT2D eigenvalue weighted by Crippen LogP contribution is 2.19. The lowest BCUT2D eigenvalue weighted by Gasteiger charge is -2.33. The van der Waals surface area contributed by atoms with Crippen molar-refractivity contribution in [1.29, 1.82) is 0 Å². The Morgan fingerprint density at radius 2 is 2.00 bits per heavy atom. The predicted octanol–water partition coefficient (Wildman–Crippen LogP) is -2.01. The van der Waals surface area contributed by atoms with E-state index in [-0.39, 0.29) is 0 Å². The molecular formula is C10H17N6+. The smallest absolute Gasteiger partial charge is 0.174 e. The van der Waals surface area contributed by atoms with Crippen molar-refractivity contribution in [2.24, 2.45) is 0 Å². The molecule has 0 spiro atoms. The number of nitrogens with zero attached hydrogens (tertiary/aromatic N) is 4. The maximum Gasteiger partial charge on any atom is 0.174 e. The zero-order valence-electron chi connectivity index (χ0n) is 9.43. The maximum absolute atomic E-state index is 5.77. The summed E-state index contributed by atoms with van der Waals surface area (Å²) in [5, 5.41) is 5.56. The second kappa shape index (κ2) is 4.44. The van der Waals surface area contributed by atoms with Crippen LogP contribution < -0.4 is 16.0 Å². The number of nitrogen functional groups attached to an aromatic ring is 1. The summed E-state index contributed by atoms with van der Waals surface area (Å²) in [6, 6.07) is 0. The first-order chi connectivity index (χ1) is 7.72. The van der Waals surface area contributed by atoms with Crippen molar-refractivity contribution in [1.82, 2.24) is 14.9 Å². The van der Waals surface area contributed by atoms with Gasteiger partial charge in [-0.2, -0.15) is 0 Å². The molecule has 0 amide bonds. The van der Waals surface area contributed by atoms with Gasteiger partial charge in [0.1, 0.15) is 23.5 Å². The third-order valence-corrected chi connectivity index (χ3v) is 2.86. The Balaban J connectivity index is 2.26. The number of nitrogens with two attached hydrogens (primary N) is 2. The van der Waals surface area contributed by atoms with Gasteiger partial charge in [0.2, 0.25) is 0 Å². The normalized spacial score (nSPS) is 17.4. The molecule has 0 aliphatic carbocycles. The van der Waals surface area contributed by atoms with Crippen LogP contribution in [0.25, 0.3) is 0 Å². The van der Waals surface area contributed by atoms with Crippen LogP contribution in [0.3, 0.4) is 0 Å². The first kappa shape index (κ1) is 10.8. The van der Waals surface area contributed by atoms with Crippen molar-refractivity contribution in [2.45, 2.75) is 0 Å². The number of hydrogen-bond acceptors (Lipinski definition) is 5. The first-order valence-electron chi connectivity index (χ1n) is 5.31. The molecule has 16 heavy (non-hydrogen) atoms. The van der Waals surface area contributed by atoms with E-state index in [1.165, 1.54) is 12.5 Å². The molecular weight excluding hydrogens is 204 g/mol. The summed E-state index contributed by atoms with van der Waals surface area (Å²) in [5.41, 5.74) is 6.50. The number of likely N-dealkylation sites (N-methyl/N-ethyl adjacent to an activating group) is 1. The molecule has 1 saturated heterocycles. The molecule has 1 aromatic rings. The fourth-order valence-electron chi connectivity index (χ4n) is 1.83. The summed E-state index contributed by atoms with van der Waals surface area (Å²) in [6.45, 7) is 3.92. The van der Waals surface area contributed by atoms with Gasteiger partial charge in [0.05, 0.1) is 0 Å². The minimum absolute atomic E-state index is 0.437. The summed E-state index contributed by atoms with van der Waals surface area (Å²) in [7, 11) is 2.11. The van der Waals surface area contributed by atoms with E-state index >= 15 is 0 Å². The Morgan fingerprint density at radius 3 is 2.62 bits per heavy atom. The minimum atomic E-state index is 0.437. The van der Waals surface area contributed by atoms with Crippen LogP contribution in [-0.2, 0) is 0 Å². The molecule has 0 atom stereocenters. The van der Waals surface area contributed by atoms with E-state index in [0.717, 1.165) is 37.6 Å². The largest absolute Gasteiger partial charge is 0.383 e. The standard InChI is InChI=1S/C10H16N6/c1-15-2-4-16(5-3-15)10-8(6-11)9(12)13-7-14-10/h6-7,11H,2-5H2,1H3,(H2,12,13,14)/p+1. The molecule has 1 fully saturated rings. The van der Waals surface area contributed by atoms with Gasteiger partial charge >= 0.3 is 0 Å². The highest BCUT2D eigenvalue weighted by atomic mass is 15.3. The monoisotopic (exact) mass is 221 g/mol. The quantitative estimate of drug-likeness (QED) is 0.564. The fourth-order valence-corrected chi connectivity index (χ4v) is 1.83. The highest BCUT2D eigenvalue weighted by Gasteiger charge is 2.19. The van der Waals surface area contributed by atoms with Crippen molar-refractivity contribution in [3.8, 4) is 0 Å². The molecule has 0 unspecified atom stereocenters. The van der Waals surface area contributed by atoms with E-state index in [0.29, 0.717) is 5.82 Å². The number of aromatic nitrogens is 2. The number of piperazine rings is 1. The molecule has 0 saturated carbocycles. The molecule has 0 aromatic carbocycles. The van der Waals surface area contributed by atoms with Gasteiger partial charge < -0.3 is 15.5 Å². The van der Waals surface area contributed by atoms with E-state index in [9.17, 15) is 0 Å². The van der Waals surface area contributed by atoms with Crippen molar-refractivity contribution in [3.63, 3.8) is 0 Å². The van der Waals surface area contributed by atoms with Crippen LogP contribution in [0.15, 0.2) is 6.33 Å². The predicted molar refractivity (Wildman–Crippen MR) is 63.2 cm³/mol. The molecule has 1 aliphatic heterocycles. The van der Waals surface area contributed by atoms with E-state index in [2.05, 4.69) is 26.8 Å². The molecule has 86 valence electrons. The van der Waals surface area contributed by atoms with Crippen LogP contribution in [0, 0.1) is 0 Å². The summed E-state index contributed by atoms with van der Waals surface area (Å²) in [4.78, 5) is 12.7. The Labute approximate surface area is 94.6 Å². The zero-order chi connectivity index (χ0) is 11.5. The van der Waals surface area contributed by atoms with Gasteiger partial charge in [-0.3, -0.25) is 5.41 Å². The average Bonchev–Trinajstić information content (AvgIpc) is 2.30. The van der Waals surface area contributed by atoms with E-state index in [1.54, 1.807) is 0 Å². The zero-order valence-corrected chi connectivity index (χ0v) is 9.43. The van der Waals surface area contributed by atoms with Crippen LogP contribution in [0.4, 0.5) is 11.6 Å². The average molecular weight is 221 g/mol. The van der Waals surface area contributed by atoms with Crippen molar-refractivity contribution in [3.05, 3.63) is 11.9 Å². The Morgan fingerprint density at radius 1 is 1.31 bits per heavy atom. The maximum atomic E-state index is 5.77. The molecule has 6 nitrogen and oxygen atoms in total. The van der Waals surface area contributed by atoms with Gasteiger partial charge in [0, 0.05) is 26.2 Å². The van der Waals surface area contributed by atoms with Crippen LogP contribution >= 0.6 is 0 Å². The Kier molecular flexibility index (Phi) is 3.00. The Hall–Kier alpha value is -1.69. The second-order valence-electron chi connectivity index (χ2n) is 3.95. The topological polar surface area (TPSA) is 83.9 Å². The molecule has 2 rings (SSSR count). The fraction of sp³-hybridized carbons (Fsp3) is 0.500. The Bertz CT molecular complexity index is 383. The second-order valence-corrected chi connectivity index (χ2v) is 3.95. The van der Waals surface area contributed by atoms with E-state index in [4.69, 9.17) is 11.1 Å². The van der Waals surface area contributed by atoms with Crippen LogP contribution in [0.5, 0.6) is 0 Å². The number of hydrogen-bond donors (Lipinski definition) is 2. The van der Waals surface area contributed by atoms with E-state index in [1.807, 2.05) is 0 Å². The lowest BCUT2D eigenvalue weighted by atomic mass is 10.2. The van der Waals surface area contributed by atoms with Gasteiger partial charge in [-0.25, -0.2) is 9.97 Å². The van der Waals surface area contributed by atoms with Gasteiger partial charge in [0.25, 0.3) is 0 Å². The van der Waals surface area contributed by atoms with Gasteiger partial charge in [-0.05, 0) is 7.05 Å². The van der Waals surface area contributed by atoms with Crippen molar-refractivity contribution in [2.75, 3.05) is 43.9 Å². The summed E-state index contributed by atoms with van der Waals surface area (Å²) in [6.07, 6.45) is 2.96. The molecule has 4 N–H and O–H groups in total. The van der Waals surface area contributed by atoms with Crippen molar-refractivity contribution >= 4 is 17.9 Å². The van der Waals surface area contributed by atoms with Gasteiger partial charge in [-0.15, -0.1) is 0 Å². The molecule has 1 aromatic heterocycles. The van der Waals surface area contributed by atoms with Crippen molar-refractivity contribution < 1.29 is 5.41 Å². The molecule has 2 heterocycles. The first-order valence-corrected chi connectivity index (χ1v) is 5.31. The molecule has 0 bridgehead atoms. The summed E-state index contributed by atoms with van der Waals surface area (Å²) < 4.78 is 0. The number of rotatable bonds is 2. The van der Waals surface area contributed by atoms with E-state index < -0.39 is 0 Å². The molecule has 0 radical (unpaired) electrons. The lowest BCUT2D eigenvalue weighted by molar-refractivity contribution is -0.104. The van der Waals surface area contributed by atoms with Crippen LogP contribution in [-0.4, -0.2) is 54.3 Å². The lowest BCUT2D eigenvalue weighted by Crippen LogP contribution is -2.45. The highest BCUT2D eigenvalue weighted by molar-refractivity contribution is 5.88. The van der Waals surface area contributed by atoms with Gasteiger partial charge in [-0.1, -0.05) is 0 Å². The molecule has 6 heteroatoms. The number of anilines is 2. The van der Waals surface area contributed by atoms with Crippen LogP contribution in [0.1, 0.15) is 5.56 Å².